The van der Waals surface area contributed by atoms with Crippen LogP contribution < -0.4 is 0 Å². The van der Waals surface area contributed by atoms with E-state index < -0.39 is 0 Å². The maximum Gasteiger partial charge on any atom is 0.330 e. The Kier molecular flexibility index (Phi) is 4.85. The van der Waals surface area contributed by atoms with Crippen LogP contribution in [0.15, 0.2) is 28.7 Å². The molecule has 0 fully saturated rings. The minimum atomic E-state index is -0.364. The van der Waals surface area contributed by atoms with Crippen LogP contribution in [0.2, 0.25) is 5.02 Å². The molecule has 0 bridgehead atoms. The van der Waals surface area contributed by atoms with Gasteiger partial charge in [0.15, 0.2) is 0 Å². The van der Waals surface area contributed by atoms with Gasteiger partial charge in [0, 0.05) is 15.6 Å². The van der Waals surface area contributed by atoms with Gasteiger partial charge in [-0.1, -0.05) is 33.6 Å². The van der Waals surface area contributed by atoms with Crippen LogP contribution in [0.25, 0.3) is 6.08 Å². The lowest BCUT2D eigenvalue weighted by Gasteiger charge is -1.99. The number of halogens is 2. The number of ether oxygens (including phenoxy) is 1. The van der Waals surface area contributed by atoms with E-state index in [9.17, 15) is 4.79 Å². The molecule has 0 saturated heterocycles. The fourth-order valence-electron chi connectivity index (χ4n) is 0.985. The Morgan fingerprint density at radius 1 is 1.60 bits per heavy atom. The molecule has 4 heteroatoms. The first kappa shape index (κ1) is 12.3. The van der Waals surface area contributed by atoms with Crippen LogP contribution in [-0.2, 0) is 9.53 Å². The Morgan fingerprint density at radius 2 is 2.33 bits per heavy atom. The fraction of sp³-hybridized carbons (Fsp3) is 0.182. The summed E-state index contributed by atoms with van der Waals surface area (Å²) in [7, 11) is 0. The van der Waals surface area contributed by atoms with Crippen molar-refractivity contribution in [1.29, 1.82) is 0 Å². The van der Waals surface area contributed by atoms with Gasteiger partial charge in [-0.2, -0.15) is 0 Å². The van der Waals surface area contributed by atoms with Gasteiger partial charge in [-0.3, -0.25) is 0 Å². The molecule has 1 aromatic rings. The molecule has 15 heavy (non-hydrogen) atoms. The summed E-state index contributed by atoms with van der Waals surface area (Å²) in [5, 5.41) is 0.588. The van der Waals surface area contributed by atoms with Crippen molar-refractivity contribution >= 4 is 39.6 Å². The van der Waals surface area contributed by atoms with Crippen molar-refractivity contribution in [1.82, 2.24) is 0 Å². The van der Waals surface area contributed by atoms with Crippen LogP contribution in [-0.4, -0.2) is 12.6 Å². The molecule has 0 radical (unpaired) electrons. The quantitative estimate of drug-likeness (QED) is 0.627. The second-order valence-electron chi connectivity index (χ2n) is 2.75. The Labute approximate surface area is 102 Å². The number of esters is 1. The van der Waals surface area contributed by atoms with Crippen molar-refractivity contribution in [2.24, 2.45) is 0 Å². The Balaban J connectivity index is 2.76. The summed E-state index contributed by atoms with van der Waals surface area (Å²) in [6.45, 7) is 2.13. The molecule has 1 rings (SSSR count). The summed E-state index contributed by atoms with van der Waals surface area (Å²) < 4.78 is 5.65. The molecular formula is C11H10BrClO2. The van der Waals surface area contributed by atoms with E-state index in [2.05, 4.69) is 15.9 Å². The molecule has 1 aromatic carbocycles. The third-order valence-electron chi connectivity index (χ3n) is 1.65. The van der Waals surface area contributed by atoms with Gasteiger partial charge in [0.1, 0.15) is 0 Å². The molecule has 0 heterocycles. The second kappa shape index (κ2) is 5.93. The highest BCUT2D eigenvalue weighted by Gasteiger charge is 1.99. The zero-order chi connectivity index (χ0) is 11.3. The summed E-state index contributed by atoms with van der Waals surface area (Å²) in [5.74, 6) is -0.364. The van der Waals surface area contributed by atoms with E-state index in [1.807, 2.05) is 12.1 Å². The minimum Gasteiger partial charge on any atom is -0.463 e. The molecule has 2 nitrogen and oxygen atoms in total. The Bertz CT molecular complexity index is 388. The van der Waals surface area contributed by atoms with Gasteiger partial charge < -0.3 is 4.74 Å². The first-order valence-corrected chi connectivity index (χ1v) is 5.60. The molecule has 0 aliphatic rings. The number of benzene rings is 1. The third kappa shape index (κ3) is 4.06. The molecule has 0 atom stereocenters. The van der Waals surface area contributed by atoms with E-state index in [-0.39, 0.29) is 5.97 Å². The molecule has 0 aromatic heterocycles. The maximum absolute atomic E-state index is 11.0. The van der Waals surface area contributed by atoms with Gasteiger partial charge >= 0.3 is 5.97 Å². The topological polar surface area (TPSA) is 26.3 Å². The molecule has 0 aliphatic carbocycles. The van der Waals surface area contributed by atoms with Gasteiger partial charge in [0.25, 0.3) is 0 Å². The molecular weight excluding hydrogens is 279 g/mol. The van der Waals surface area contributed by atoms with Crippen LogP contribution >= 0.6 is 27.5 Å². The zero-order valence-electron chi connectivity index (χ0n) is 8.17. The summed E-state index contributed by atoms with van der Waals surface area (Å²) in [6.07, 6.45) is 2.99. The van der Waals surface area contributed by atoms with Gasteiger partial charge in [-0.15, -0.1) is 0 Å². The first-order chi connectivity index (χ1) is 7.13. The van der Waals surface area contributed by atoms with E-state index in [1.165, 1.54) is 6.08 Å². The molecule has 0 aliphatic heterocycles. The smallest absolute Gasteiger partial charge is 0.330 e. The van der Waals surface area contributed by atoms with Crippen molar-refractivity contribution in [3.8, 4) is 0 Å². The normalized spacial score (nSPS) is 10.6. The van der Waals surface area contributed by atoms with Crippen molar-refractivity contribution in [3.63, 3.8) is 0 Å². The predicted octanol–water partition coefficient (Wildman–Crippen LogP) is 3.68. The number of carbonyl (C=O) groups is 1. The zero-order valence-corrected chi connectivity index (χ0v) is 10.5. The number of hydrogen-bond acceptors (Lipinski definition) is 2. The van der Waals surface area contributed by atoms with Crippen LogP contribution in [0.3, 0.4) is 0 Å². The van der Waals surface area contributed by atoms with Crippen molar-refractivity contribution in [2.45, 2.75) is 6.92 Å². The summed E-state index contributed by atoms with van der Waals surface area (Å²) >= 11 is 9.26. The molecule has 0 spiro atoms. The fourth-order valence-corrected chi connectivity index (χ4v) is 1.72. The first-order valence-electron chi connectivity index (χ1n) is 4.43. The second-order valence-corrected chi connectivity index (χ2v) is 4.07. The lowest BCUT2D eigenvalue weighted by atomic mass is 10.2. The van der Waals surface area contributed by atoms with E-state index >= 15 is 0 Å². The van der Waals surface area contributed by atoms with Gasteiger partial charge in [-0.25, -0.2) is 4.79 Å². The standard InChI is InChI=1S/C11H10BrClO2/c1-2-15-11(14)6-4-8-3-5-9(12)7-10(8)13/h3-7H,2H2,1H3/b6-4+. The Hall–Kier alpha value is -0.800. The average Bonchev–Trinajstić information content (AvgIpc) is 2.17. The van der Waals surface area contributed by atoms with E-state index in [0.29, 0.717) is 11.6 Å². The highest BCUT2D eigenvalue weighted by molar-refractivity contribution is 9.10. The average molecular weight is 290 g/mol. The van der Waals surface area contributed by atoms with E-state index in [4.69, 9.17) is 16.3 Å². The number of hydrogen-bond donors (Lipinski definition) is 0. The number of rotatable bonds is 3. The lowest BCUT2D eigenvalue weighted by molar-refractivity contribution is -0.137. The predicted molar refractivity (Wildman–Crippen MR) is 64.8 cm³/mol. The van der Waals surface area contributed by atoms with Crippen molar-refractivity contribution in [3.05, 3.63) is 39.3 Å². The molecule has 80 valence electrons. The highest BCUT2D eigenvalue weighted by atomic mass is 79.9. The van der Waals surface area contributed by atoms with Crippen LogP contribution in [0, 0.1) is 0 Å². The van der Waals surface area contributed by atoms with Crippen LogP contribution in [0.1, 0.15) is 12.5 Å². The third-order valence-corrected chi connectivity index (χ3v) is 2.47. The monoisotopic (exact) mass is 288 g/mol. The van der Waals surface area contributed by atoms with Gasteiger partial charge in [0.2, 0.25) is 0 Å². The van der Waals surface area contributed by atoms with Crippen LogP contribution in [0.5, 0.6) is 0 Å². The van der Waals surface area contributed by atoms with Crippen molar-refractivity contribution in [2.75, 3.05) is 6.61 Å². The van der Waals surface area contributed by atoms with Gasteiger partial charge in [0.05, 0.1) is 6.61 Å². The highest BCUT2D eigenvalue weighted by Crippen LogP contribution is 2.22. The van der Waals surface area contributed by atoms with Crippen molar-refractivity contribution < 1.29 is 9.53 Å². The SMILES string of the molecule is CCOC(=O)/C=C/c1ccc(Br)cc1Cl. The summed E-state index contributed by atoms with van der Waals surface area (Å²) in [6, 6.07) is 5.45. The molecule has 0 amide bonds. The van der Waals surface area contributed by atoms with E-state index in [0.717, 1.165) is 10.0 Å². The maximum atomic E-state index is 11.0. The summed E-state index contributed by atoms with van der Waals surface area (Å²) in [4.78, 5) is 11.0. The molecule has 0 unspecified atom stereocenters. The van der Waals surface area contributed by atoms with Gasteiger partial charge in [-0.05, 0) is 30.7 Å². The molecule has 0 saturated carbocycles. The lowest BCUT2D eigenvalue weighted by Crippen LogP contribution is -1.98. The number of carbonyl (C=O) groups excluding carboxylic acids is 1. The van der Waals surface area contributed by atoms with E-state index in [1.54, 1.807) is 19.1 Å². The Morgan fingerprint density at radius 3 is 2.93 bits per heavy atom. The minimum absolute atomic E-state index is 0.364. The van der Waals surface area contributed by atoms with Crippen LogP contribution in [0.4, 0.5) is 0 Å². The largest absolute Gasteiger partial charge is 0.463 e. The molecule has 0 N–H and O–H groups in total. The summed E-state index contributed by atoms with van der Waals surface area (Å²) in [5.41, 5.74) is 0.785.